The summed E-state index contributed by atoms with van der Waals surface area (Å²) >= 11 is 5.67. The molecule has 29 heavy (non-hydrogen) atoms. The van der Waals surface area contributed by atoms with Crippen LogP contribution < -0.4 is 14.9 Å². The summed E-state index contributed by atoms with van der Waals surface area (Å²) in [6.45, 7) is 2.01. The van der Waals surface area contributed by atoms with Gasteiger partial charge in [0.1, 0.15) is 6.04 Å². The lowest BCUT2D eigenvalue weighted by molar-refractivity contribution is 0.558. The zero-order valence-corrected chi connectivity index (χ0v) is 17.6. The Morgan fingerprint density at radius 2 is 1.86 bits per heavy atom. The smallest absolute Gasteiger partial charge is 0.229 e. The van der Waals surface area contributed by atoms with Crippen LogP contribution in [0.15, 0.2) is 60.8 Å². The van der Waals surface area contributed by atoms with E-state index in [-0.39, 0.29) is 12.1 Å². The van der Waals surface area contributed by atoms with Crippen LogP contribution in [0.3, 0.4) is 0 Å². The lowest BCUT2D eigenvalue weighted by Gasteiger charge is -2.27. The standard InChI is InChI=1S/C20H21N5O2S2/c1-13-6-11-17(22-13)19-18(16-5-3-4-12-21-16)23-20(28)25(19)15-9-7-14(8-10-15)24-29(2,26)27/h3-12,18-19,22,24H,1-2H3,(H,23,28)/t18-,19-/m1/s1. The van der Waals surface area contributed by atoms with E-state index in [1.165, 1.54) is 0 Å². The number of thiocarbonyl (C=S) groups is 1. The van der Waals surface area contributed by atoms with Crippen LogP contribution in [0.25, 0.3) is 0 Å². The molecule has 0 amide bonds. The molecule has 0 bridgehead atoms. The predicted octanol–water partition coefficient (Wildman–Crippen LogP) is 3.27. The number of aryl methyl sites for hydroxylation is 1. The molecule has 1 saturated heterocycles. The number of hydrogen-bond acceptors (Lipinski definition) is 4. The summed E-state index contributed by atoms with van der Waals surface area (Å²) < 4.78 is 25.4. The van der Waals surface area contributed by atoms with Gasteiger partial charge in [-0.05, 0) is 67.7 Å². The highest BCUT2D eigenvalue weighted by atomic mass is 32.2. The van der Waals surface area contributed by atoms with E-state index < -0.39 is 10.0 Å². The third-order valence-corrected chi connectivity index (χ3v) is 5.64. The molecule has 1 aliphatic heterocycles. The minimum atomic E-state index is -3.33. The summed E-state index contributed by atoms with van der Waals surface area (Å²) in [5.41, 5.74) is 4.33. The number of pyridine rings is 1. The van der Waals surface area contributed by atoms with Gasteiger partial charge < -0.3 is 15.2 Å². The SMILES string of the molecule is Cc1ccc([C@@H]2[C@@H](c3ccccn3)NC(=S)N2c2ccc(NS(C)(=O)=O)cc2)[nH]1. The first-order valence-corrected chi connectivity index (χ1v) is 11.4. The summed E-state index contributed by atoms with van der Waals surface area (Å²) in [6, 6.07) is 16.8. The lowest BCUT2D eigenvalue weighted by Crippen LogP contribution is -2.29. The third kappa shape index (κ3) is 4.10. The fourth-order valence-electron chi connectivity index (χ4n) is 3.55. The molecule has 0 radical (unpaired) electrons. The maximum absolute atomic E-state index is 11.5. The Morgan fingerprint density at radius 3 is 2.45 bits per heavy atom. The second-order valence-corrected chi connectivity index (χ2v) is 9.15. The first-order chi connectivity index (χ1) is 13.8. The highest BCUT2D eigenvalue weighted by molar-refractivity contribution is 7.92. The zero-order valence-electron chi connectivity index (χ0n) is 16.0. The number of rotatable bonds is 5. The van der Waals surface area contributed by atoms with Crippen LogP contribution in [0.1, 0.15) is 29.2 Å². The summed E-state index contributed by atoms with van der Waals surface area (Å²) in [7, 11) is -3.33. The number of nitrogens with zero attached hydrogens (tertiary/aromatic N) is 2. The van der Waals surface area contributed by atoms with E-state index >= 15 is 0 Å². The van der Waals surface area contributed by atoms with Gasteiger partial charge in [0.25, 0.3) is 0 Å². The van der Waals surface area contributed by atoms with Gasteiger partial charge in [-0.15, -0.1) is 0 Å². The molecule has 3 N–H and O–H groups in total. The Bertz CT molecular complexity index is 1130. The molecule has 150 valence electrons. The molecule has 3 aromatic rings. The average Bonchev–Trinajstić information content (AvgIpc) is 3.25. The Balaban J connectivity index is 1.73. The summed E-state index contributed by atoms with van der Waals surface area (Å²) in [5, 5.41) is 3.98. The van der Waals surface area contributed by atoms with Gasteiger partial charge in [-0.1, -0.05) is 6.07 Å². The fraction of sp³-hybridized carbons (Fsp3) is 0.200. The summed E-state index contributed by atoms with van der Waals surface area (Å²) in [4.78, 5) is 9.97. The number of hydrogen-bond donors (Lipinski definition) is 3. The first-order valence-electron chi connectivity index (χ1n) is 9.06. The van der Waals surface area contributed by atoms with Gasteiger partial charge >= 0.3 is 0 Å². The molecule has 2 atom stereocenters. The van der Waals surface area contributed by atoms with Crippen molar-refractivity contribution in [1.82, 2.24) is 15.3 Å². The van der Waals surface area contributed by atoms with Gasteiger partial charge in [-0.2, -0.15) is 0 Å². The maximum atomic E-state index is 11.5. The first kappa shape index (κ1) is 19.4. The topological polar surface area (TPSA) is 90.1 Å². The molecule has 1 fully saturated rings. The molecule has 2 aromatic heterocycles. The molecular formula is C20H21N5O2S2. The summed E-state index contributed by atoms with van der Waals surface area (Å²) in [5.74, 6) is 0. The quantitative estimate of drug-likeness (QED) is 0.542. The largest absolute Gasteiger partial charge is 0.361 e. The number of anilines is 2. The predicted molar refractivity (Wildman–Crippen MR) is 118 cm³/mol. The van der Waals surface area contributed by atoms with Gasteiger partial charge in [-0.25, -0.2) is 8.42 Å². The van der Waals surface area contributed by atoms with E-state index in [1.807, 2.05) is 48.2 Å². The molecule has 0 unspecified atom stereocenters. The fourth-order valence-corrected chi connectivity index (χ4v) is 4.46. The number of benzene rings is 1. The Hall–Kier alpha value is -2.91. The number of sulfonamides is 1. The third-order valence-electron chi connectivity index (χ3n) is 4.72. The monoisotopic (exact) mass is 427 g/mol. The Labute approximate surface area is 175 Å². The molecule has 4 rings (SSSR count). The molecule has 0 aliphatic carbocycles. The van der Waals surface area contributed by atoms with E-state index in [1.54, 1.807) is 18.3 Å². The van der Waals surface area contributed by atoms with E-state index in [0.717, 1.165) is 29.0 Å². The van der Waals surface area contributed by atoms with Crippen LogP contribution in [-0.4, -0.2) is 29.8 Å². The van der Waals surface area contributed by atoms with Crippen LogP contribution in [0.5, 0.6) is 0 Å². The van der Waals surface area contributed by atoms with Gasteiger partial charge in [0.15, 0.2) is 5.11 Å². The van der Waals surface area contributed by atoms with Crippen molar-refractivity contribution in [3.05, 3.63) is 77.9 Å². The molecule has 9 heteroatoms. The molecule has 0 saturated carbocycles. The van der Waals surface area contributed by atoms with Crippen molar-refractivity contribution in [3.8, 4) is 0 Å². The Morgan fingerprint density at radius 1 is 1.10 bits per heavy atom. The van der Waals surface area contributed by atoms with E-state index in [4.69, 9.17) is 12.2 Å². The molecule has 3 heterocycles. The Kier molecular flexibility index (Phi) is 5.01. The van der Waals surface area contributed by atoms with Crippen molar-refractivity contribution in [1.29, 1.82) is 0 Å². The van der Waals surface area contributed by atoms with Crippen LogP contribution >= 0.6 is 12.2 Å². The molecule has 1 aliphatic rings. The highest BCUT2D eigenvalue weighted by Crippen LogP contribution is 2.41. The normalized spacial score (nSPS) is 19.2. The molecule has 0 spiro atoms. The van der Waals surface area contributed by atoms with Crippen molar-refractivity contribution < 1.29 is 8.42 Å². The van der Waals surface area contributed by atoms with E-state index in [9.17, 15) is 8.42 Å². The van der Waals surface area contributed by atoms with Gasteiger partial charge in [0.05, 0.1) is 18.0 Å². The van der Waals surface area contributed by atoms with Crippen molar-refractivity contribution in [3.63, 3.8) is 0 Å². The second-order valence-electron chi connectivity index (χ2n) is 7.01. The van der Waals surface area contributed by atoms with Gasteiger partial charge in [-0.3, -0.25) is 9.71 Å². The van der Waals surface area contributed by atoms with Crippen molar-refractivity contribution in [2.45, 2.75) is 19.0 Å². The summed E-state index contributed by atoms with van der Waals surface area (Å²) in [6.07, 6.45) is 2.90. The van der Waals surface area contributed by atoms with Crippen LogP contribution in [0.2, 0.25) is 0 Å². The number of aromatic amines is 1. The van der Waals surface area contributed by atoms with E-state index in [0.29, 0.717) is 10.8 Å². The van der Waals surface area contributed by atoms with Gasteiger partial charge in [0.2, 0.25) is 10.0 Å². The number of H-pyrrole nitrogens is 1. The van der Waals surface area contributed by atoms with Crippen molar-refractivity contribution in [2.24, 2.45) is 0 Å². The van der Waals surface area contributed by atoms with Crippen LogP contribution in [-0.2, 0) is 10.0 Å². The molecular weight excluding hydrogens is 406 g/mol. The minimum absolute atomic E-state index is 0.125. The highest BCUT2D eigenvalue weighted by Gasteiger charge is 2.41. The zero-order chi connectivity index (χ0) is 20.6. The van der Waals surface area contributed by atoms with Crippen molar-refractivity contribution >= 4 is 38.7 Å². The number of nitrogens with one attached hydrogen (secondary N) is 3. The van der Waals surface area contributed by atoms with E-state index in [2.05, 4.69) is 26.1 Å². The van der Waals surface area contributed by atoms with Crippen LogP contribution in [0.4, 0.5) is 11.4 Å². The molecule has 1 aromatic carbocycles. The lowest BCUT2D eigenvalue weighted by atomic mass is 10.0. The maximum Gasteiger partial charge on any atom is 0.229 e. The molecule has 7 nitrogen and oxygen atoms in total. The van der Waals surface area contributed by atoms with Crippen LogP contribution in [0, 0.1) is 6.92 Å². The number of aromatic nitrogens is 2. The van der Waals surface area contributed by atoms with Crippen molar-refractivity contribution in [2.75, 3.05) is 15.9 Å². The van der Waals surface area contributed by atoms with Gasteiger partial charge in [0, 0.05) is 29.0 Å². The second kappa shape index (κ2) is 7.49. The average molecular weight is 428 g/mol. The minimum Gasteiger partial charge on any atom is -0.361 e.